The summed E-state index contributed by atoms with van der Waals surface area (Å²) in [4.78, 5) is 78.3. The summed E-state index contributed by atoms with van der Waals surface area (Å²) in [7, 11) is 0. The molecule has 0 saturated carbocycles. The molecule has 0 fully saturated rings. The lowest BCUT2D eigenvalue weighted by atomic mass is 10.3. The van der Waals surface area contributed by atoms with Crippen LogP contribution in [-0.2, 0) is 37.9 Å². The van der Waals surface area contributed by atoms with E-state index in [0.29, 0.717) is 22.1 Å². The second-order valence-corrected chi connectivity index (χ2v) is 12.6. The zero-order valence-corrected chi connectivity index (χ0v) is 35.5. The van der Waals surface area contributed by atoms with Gasteiger partial charge in [-0.15, -0.1) is 10.2 Å². The molecule has 6 aromatic rings. The summed E-state index contributed by atoms with van der Waals surface area (Å²) in [5, 5.41) is 36.3. The topological polar surface area (TPSA) is 327 Å². The summed E-state index contributed by atoms with van der Waals surface area (Å²) >= 11 is 0. The molecule has 0 unspecified atom stereocenters. The van der Waals surface area contributed by atoms with E-state index < -0.39 is 34.5 Å². The molecule has 0 aliphatic carbocycles. The summed E-state index contributed by atoms with van der Waals surface area (Å²) in [6.07, 6.45) is -3.82. The van der Waals surface area contributed by atoms with Gasteiger partial charge in [-0.05, 0) is 59.0 Å². The maximum absolute atomic E-state index is 11.7. The third kappa shape index (κ3) is 17.8. The van der Waals surface area contributed by atoms with E-state index in [-0.39, 0.29) is 102 Å². The highest BCUT2D eigenvalue weighted by Crippen LogP contribution is 2.19. The van der Waals surface area contributed by atoms with E-state index in [1.54, 1.807) is 48.5 Å². The van der Waals surface area contributed by atoms with Gasteiger partial charge in [-0.2, -0.15) is 0 Å². The number of nitro groups is 2. The molecule has 360 valence electrons. The van der Waals surface area contributed by atoms with Crippen molar-refractivity contribution in [3.05, 3.63) is 117 Å². The largest absolute Gasteiger partial charge is 0.535 e. The van der Waals surface area contributed by atoms with Gasteiger partial charge in [0, 0.05) is 24.3 Å². The summed E-state index contributed by atoms with van der Waals surface area (Å²) in [6, 6.07) is 23.9. The standard InChI is InChI=1S/C20H20N6O8.C20H20N2O12/c27-19(33-25-17-7-3-1-5-15(17)21-23-25)31-13-11-29-9-10-30-12-14-32-20(28)34-26-18-8-4-2-6-16(18)22-24-26;23-19(33-17-5-1-15(2-6-17)21(25)26)31-13-11-29-9-10-30-12-14-32-20(24)34-18-7-3-16(4-8-18)22(27)28/h2*1-8H,9-14H2. The summed E-state index contributed by atoms with van der Waals surface area (Å²) < 4.78 is 50.1. The second kappa shape index (κ2) is 27.7. The molecule has 0 amide bonds. The van der Waals surface area contributed by atoms with Gasteiger partial charge in [0.2, 0.25) is 0 Å². The van der Waals surface area contributed by atoms with Crippen LogP contribution in [0.15, 0.2) is 97.1 Å². The molecule has 2 heterocycles. The number of nitro benzene ring substituents is 2. The van der Waals surface area contributed by atoms with E-state index >= 15 is 0 Å². The maximum atomic E-state index is 11.7. The van der Waals surface area contributed by atoms with E-state index in [9.17, 15) is 39.4 Å². The van der Waals surface area contributed by atoms with Crippen molar-refractivity contribution in [3.8, 4) is 11.5 Å². The lowest BCUT2D eigenvalue weighted by Crippen LogP contribution is -2.24. The predicted octanol–water partition coefficient (Wildman–Crippen LogP) is 4.31. The number of carbonyl (C=O) groups is 4. The lowest BCUT2D eigenvalue weighted by Gasteiger charge is -2.08. The van der Waals surface area contributed by atoms with Gasteiger partial charge in [-0.25, -0.2) is 19.2 Å². The first-order valence-electron chi connectivity index (χ1n) is 19.9. The van der Waals surface area contributed by atoms with Crippen LogP contribution >= 0.6 is 0 Å². The van der Waals surface area contributed by atoms with Crippen molar-refractivity contribution >= 4 is 58.1 Å². The highest BCUT2D eigenvalue weighted by Gasteiger charge is 2.14. The van der Waals surface area contributed by atoms with Crippen LogP contribution in [0.3, 0.4) is 0 Å². The number of aromatic nitrogens is 6. The predicted molar refractivity (Wildman–Crippen MR) is 224 cm³/mol. The van der Waals surface area contributed by atoms with Gasteiger partial charge < -0.3 is 47.4 Å². The SMILES string of the molecule is O=C(OCCOCCOCCOC(=O)Oc1ccc([N+](=O)[O-])cc1)Oc1ccc([N+](=O)[O-])cc1.O=C(OCCOCCOCCOC(=O)On1nnc2ccccc21)On1nnc2ccccc21. The van der Waals surface area contributed by atoms with E-state index in [1.165, 1.54) is 48.5 Å². The van der Waals surface area contributed by atoms with Gasteiger partial charge in [-0.3, -0.25) is 29.9 Å². The van der Waals surface area contributed by atoms with Crippen molar-refractivity contribution in [3.63, 3.8) is 0 Å². The average molecular weight is 953 g/mol. The molecule has 0 spiro atoms. The molecule has 4 aromatic carbocycles. The minimum absolute atomic E-state index is 0.0165. The van der Waals surface area contributed by atoms with Crippen LogP contribution in [-0.4, -0.2) is 144 Å². The van der Waals surface area contributed by atoms with Crippen LogP contribution in [0.25, 0.3) is 22.1 Å². The molecule has 0 aliphatic heterocycles. The number of nitrogens with zero attached hydrogens (tertiary/aromatic N) is 8. The minimum atomic E-state index is -0.980. The van der Waals surface area contributed by atoms with E-state index in [0.717, 1.165) is 9.69 Å². The van der Waals surface area contributed by atoms with Crippen molar-refractivity contribution in [1.82, 2.24) is 30.3 Å². The Morgan fingerprint density at radius 3 is 1.07 bits per heavy atom. The summed E-state index contributed by atoms with van der Waals surface area (Å²) in [5.41, 5.74) is 1.98. The van der Waals surface area contributed by atoms with Crippen molar-refractivity contribution in [1.29, 1.82) is 0 Å². The van der Waals surface area contributed by atoms with Crippen LogP contribution in [0.5, 0.6) is 11.5 Å². The van der Waals surface area contributed by atoms with Crippen LogP contribution < -0.4 is 19.1 Å². The number of fused-ring (bicyclic) bond motifs is 2. The van der Waals surface area contributed by atoms with Crippen molar-refractivity contribution in [2.45, 2.75) is 0 Å². The molecule has 0 N–H and O–H groups in total. The summed E-state index contributed by atoms with van der Waals surface area (Å²) in [6.45, 7) is 1.14. The monoisotopic (exact) mass is 952 g/mol. The minimum Gasteiger partial charge on any atom is -0.432 e. The molecule has 0 radical (unpaired) electrons. The number of non-ortho nitro benzene ring substituents is 2. The smallest absolute Gasteiger partial charge is 0.432 e. The first kappa shape index (κ1) is 50.4. The molecule has 0 bridgehead atoms. The molecule has 28 heteroatoms. The van der Waals surface area contributed by atoms with Crippen molar-refractivity contribution < 1.29 is 86.1 Å². The first-order chi connectivity index (χ1) is 33.0. The Hall–Kier alpha value is -8.60. The average Bonchev–Trinajstić information content (AvgIpc) is 3.94. The Labute approximate surface area is 382 Å². The van der Waals surface area contributed by atoms with Crippen LogP contribution in [0.4, 0.5) is 30.6 Å². The van der Waals surface area contributed by atoms with Gasteiger partial charge in [0.25, 0.3) is 11.4 Å². The number of benzene rings is 4. The van der Waals surface area contributed by atoms with Gasteiger partial charge in [0.05, 0.1) is 62.7 Å². The van der Waals surface area contributed by atoms with Gasteiger partial charge in [0.15, 0.2) is 0 Å². The Kier molecular flexibility index (Phi) is 20.5. The Morgan fingerprint density at radius 2 is 0.735 bits per heavy atom. The lowest BCUT2D eigenvalue weighted by molar-refractivity contribution is -0.385. The first-order valence-corrected chi connectivity index (χ1v) is 19.9. The molecular weight excluding hydrogens is 912 g/mol. The third-order valence-electron chi connectivity index (χ3n) is 8.00. The molecule has 28 nitrogen and oxygen atoms in total. The van der Waals surface area contributed by atoms with Crippen LogP contribution in [0.1, 0.15) is 0 Å². The quantitative estimate of drug-likeness (QED) is 0.0155. The zero-order valence-electron chi connectivity index (χ0n) is 35.5. The maximum Gasteiger partial charge on any atom is 0.535 e. The van der Waals surface area contributed by atoms with Gasteiger partial charge >= 0.3 is 24.6 Å². The fourth-order valence-electron chi connectivity index (χ4n) is 4.93. The fourth-order valence-corrected chi connectivity index (χ4v) is 4.93. The molecule has 6 rings (SSSR count). The number of ether oxygens (including phenoxy) is 10. The van der Waals surface area contributed by atoms with E-state index in [4.69, 9.17) is 57.0 Å². The number of hydrogen-bond acceptors (Lipinski definition) is 24. The van der Waals surface area contributed by atoms with Crippen molar-refractivity contribution in [2.75, 3.05) is 79.3 Å². The van der Waals surface area contributed by atoms with Crippen molar-refractivity contribution in [2.24, 2.45) is 0 Å². The van der Waals surface area contributed by atoms with Crippen LogP contribution in [0.2, 0.25) is 0 Å². The number of hydrogen-bond donors (Lipinski definition) is 0. The van der Waals surface area contributed by atoms with E-state index in [1.807, 2.05) is 0 Å². The number of rotatable bonds is 24. The van der Waals surface area contributed by atoms with Crippen LogP contribution in [0, 0.1) is 20.2 Å². The molecule has 2 aromatic heterocycles. The Balaban J connectivity index is 0.000000254. The number of carbonyl (C=O) groups excluding carboxylic acids is 4. The molecule has 68 heavy (non-hydrogen) atoms. The van der Waals surface area contributed by atoms with Gasteiger partial charge in [-0.1, -0.05) is 34.0 Å². The zero-order chi connectivity index (χ0) is 48.4. The molecule has 0 saturated heterocycles. The summed E-state index contributed by atoms with van der Waals surface area (Å²) in [5.74, 6) is 0.201. The normalized spacial score (nSPS) is 10.6. The highest BCUT2D eigenvalue weighted by atomic mass is 16.8. The fraction of sp³-hybridized carbons (Fsp3) is 0.300. The molecular formula is C40H40N8O20. The Bertz CT molecular complexity index is 2380. The van der Waals surface area contributed by atoms with E-state index in [2.05, 4.69) is 20.6 Å². The Morgan fingerprint density at radius 1 is 0.426 bits per heavy atom. The molecule has 0 atom stereocenters. The third-order valence-corrected chi connectivity index (χ3v) is 8.00. The second-order valence-electron chi connectivity index (χ2n) is 12.6. The molecule has 0 aliphatic rings. The number of para-hydroxylation sites is 2. The highest BCUT2D eigenvalue weighted by molar-refractivity contribution is 5.75. The van der Waals surface area contributed by atoms with Gasteiger partial charge in [0.1, 0.15) is 60.0 Å².